The van der Waals surface area contributed by atoms with Crippen LogP contribution >= 0.6 is 0 Å². The van der Waals surface area contributed by atoms with E-state index >= 15 is 0 Å². The van der Waals surface area contributed by atoms with Gasteiger partial charge in [0.25, 0.3) is 0 Å². The molecule has 5 nitrogen and oxygen atoms in total. The number of methoxy groups -OCH3 is 4. The second-order valence-corrected chi connectivity index (χ2v) is 5.78. The third-order valence-corrected chi connectivity index (χ3v) is 3.92. The molecule has 0 unspecified atom stereocenters. The number of ether oxygens (including phenoxy) is 5. The molecule has 0 heterocycles. The van der Waals surface area contributed by atoms with E-state index in [1.807, 2.05) is 36.4 Å². The summed E-state index contributed by atoms with van der Waals surface area (Å²) >= 11 is 0. The highest BCUT2D eigenvalue weighted by Gasteiger charge is 2.02. The van der Waals surface area contributed by atoms with Gasteiger partial charge in [0.05, 0.1) is 28.4 Å². The van der Waals surface area contributed by atoms with Crippen LogP contribution in [0, 0.1) is 11.8 Å². The lowest BCUT2D eigenvalue weighted by atomic mass is 10.1. The first-order valence-corrected chi connectivity index (χ1v) is 8.70. The summed E-state index contributed by atoms with van der Waals surface area (Å²) in [6.45, 7) is 1.01. The molecule has 0 amide bonds. The van der Waals surface area contributed by atoms with E-state index in [-0.39, 0.29) is 0 Å². The molecular weight excluding hydrogens is 344 g/mol. The van der Waals surface area contributed by atoms with Crippen molar-refractivity contribution in [1.29, 1.82) is 0 Å². The van der Waals surface area contributed by atoms with Gasteiger partial charge in [0.2, 0.25) is 0 Å². The van der Waals surface area contributed by atoms with E-state index in [9.17, 15) is 0 Å². The van der Waals surface area contributed by atoms with Crippen molar-refractivity contribution in [2.24, 2.45) is 0 Å². The number of aryl methyl sites for hydroxylation is 1. The molecule has 0 aromatic heterocycles. The molecule has 0 aliphatic heterocycles. The van der Waals surface area contributed by atoms with Gasteiger partial charge in [0.1, 0.15) is 29.6 Å². The molecule has 2 aromatic carbocycles. The van der Waals surface area contributed by atoms with Crippen LogP contribution in [0.2, 0.25) is 0 Å². The minimum absolute atomic E-state index is 0.376. The minimum Gasteiger partial charge on any atom is -0.497 e. The first-order chi connectivity index (χ1) is 13.2. The van der Waals surface area contributed by atoms with Crippen molar-refractivity contribution in [3.63, 3.8) is 0 Å². The minimum atomic E-state index is 0.376. The number of hydrogen-bond acceptors (Lipinski definition) is 5. The summed E-state index contributed by atoms with van der Waals surface area (Å²) in [5.41, 5.74) is 1.99. The lowest BCUT2D eigenvalue weighted by Gasteiger charge is -2.08. The van der Waals surface area contributed by atoms with Crippen LogP contribution in [0.3, 0.4) is 0 Å². The van der Waals surface area contributed by atoms with E-state index in [1.54, 1.807) is 28.4 Å². The van der Waals surface area contributed by atoms with Gasteiger partial charge in [0, 0.05) is 24.3 Å². The van der Waals surface area contributed by atoms with Crippen LogP contribution in [-0.2, 0) is 11.2 Å². The predicted octanol–water partition coefficient (Wildman–Crippen LogP) is 3.72. The van der Waals surface area contributed by atoms with Crippen molar-refractivity contribution < 1.29 is 23.7 Å². The maximum Gasteiger partial charge on any atom is 0.123 e. The molecular formula is C22H26O5. The van der Waals surface area contributed by atoms with Crippen LogP contribution in [-0.4, -0.2) is 41.7 Å². The molecule has 2 aromatic rings. The van der Waals surface area contributed by atoms with Crippen molar-refractivity contribution in [3.05, 3.63) is 47.5 Å². The van der Waals surface area contributed by atoms with Gasteiger partial charge in [-0.15, -0.1) is 0 Å². The summed E-state index contributed by atoms with van der Waals surface area (Å²) < 4.78 is 26.6. The molecule has 0 aliphatic rings. The largest absolute Gasteiger partial charge is 0.497 e. The normalized spacial score (nSPS) is 9.93. The van der Waals surface area contributed by atoms with E-state index in [0.717, 1.165) is 35.5 Å². The lowest BCUT2D eigenvalue weighted by molar-refractivity contribution is 0.164. The smallest absolute Gasteiger partial charge is 0.123 e. The van der Waals surface area contributed by atoms with E-state index in [2.05, 4.69) is 11.8 Å². The zero-order chi connectivity index (χ0) is 19.5. The van der Waals surface area contributed by atoms with Gasteiger partial charge in [-0.25, -0.2) is 0 Å². The van der Waals surface area contributed by atoms with Gasteiger partial charge in [-0.05, 0) is 42.7 Å². The SMILES string of the molecule is COc1cc(C#CCOCCCc2cc(OC)cc(OC)c2)cc(OC)c1. The van der Waals surface area contributed by atoms with E-state index in [1.165, 1.54) is 0 Å². The van der Waals surface area contributed by atoms with Crippen LogP contribution in [0.5, 0.6) is 23.0 Å². The van der Waals surface area contributed by atoms with Crippen LogP contribution in [0.4, 0.5) is 0 Å². The Morgan fingerprint density at radius 2 is 1.22 bits per heavy atom. The summed E-state index contributed by atoms with van der Waals surface area (Å²) in [7, 11) is 6.54. The third kappa shape index (κ3) is 6.76. The molecule has 0 fully saturated rings. The summed E-state index contributed by atoms with van der Waals surface area (Å²) in [5, 5.41) is 0. The van der Waals surface area contributed by atoms with Gasteiger partial charge in [-0.3, -0.25) is 0 Å². The highest BCUT2D eigenvalue weighted by Crippen LogP contribution is 2.23. The zero-order valence-corrected chi connectivity index (χ0v) is 16.3. The van der Waals surface area contributed by atoms with E-state index < -0.39 is 0 Å². The van der Waals surface area contributed by atoms with Crippen molar-refractivity contribution in [3.8, 4) is 34.8 Å². The van der Waals surface area contributed by atoms with Crippen LogP contribution in [0.25, 0.3) is 0 Å². The first kappa shape index (κ1) is 20.5. The molecule has 2 rings (SSSR count). The molecule has 144 valence electrons. The maximum absolute atomic E-state index is 5.60. The Morgan fingerprint density at radius 1 is 0.704 bits per heavy atom. The monoisotopic (exact) mass is 370 g/mol. The van der Waals surface area contributed by atoms with Crippen molar-refractivity contribution in [1.82, 2.24) is 0 Å². The molecule has 0 saturated heterocycles. The average molecular weight is 370 g/mol. The van der Waals surface area contributed by atoms with Crippen LogP contribution in [0.1, 0.15) is 17.5 Å². The van der Waals surface area contributed by atoms with Crippen LogP contribution in [0.15, 0.2) is 36.4 Å². The van der Waals surface area contributed by atoms with Crippen molar-refractivity contribution >= 4 is 0 Å². The summed E-state index contributed by atoms with van der Waals surface area (Å²) in [6, 6.07) is 11.4. The van der Waals surface area contributed by atoms with Crippen molar-refractivity contribution in [2.45, 2.75) is 12.8 Å². The fourth-order valence-corrected chi connectivity index (χ4v) is 2.53. The highest BCUT2D eigenvalue weighted by molar-refractivity contribution is 5.46. The average Bonchev–Trinajstić information content (AvgIpc) is 2.72. The topological polar surface area (TPSA) is 46.2 Å². The van der Waals surface area contributed by atoms with Crippen molar-refractivity contribution in [2.75, 3.05) is 41.7 Å². The molecule has 0 bridgehead atoms. The number of benzene rings is 2. The molecule has 0 aliphatic carbocycles. The Bertz CT molecular complexity index is 745. The second kappa shape index (κ2) is 11.0. The lowest BCUT2D eigenvalue weighted by Crippen LogP contribution is -1.98. The van der Waals surface area contributed by atoms with Gasteiger partial charge in [-0.2, -0.15) is 0 Å². The molecule has 0 N–H and O–H groups in total. The summed E-state index contributed by atoms with van der Waals surface area (Å²) in [5.74, 6) is 9.11. The quantitative estimate of drug-likeness (QED) is 0.497. The third-order valence-electron chi connectivity index (χ3n) is 3.92. The molecule has 0 saturated carbocycles. The summed E-state index contributed by atoms with van der Waals surface area (Å²) in [4.78, 5) is 0. The molecule has 27 heavy (non-hydrogen) atoms. The van der Waals surface area contributed by atoms with Crippen LogP contribution < -0.4 is 18.9 Å². The van der Waals surface area contributed by atoms with E-state index in [4.69, 9.17) is 23.7 Å². The molecule has 0 spiro atoms. The molecule has 0 atom stereocenters. The first-order valence-electron chi connectivity index (χ1n) is 8.70. The number of hydrogen-bond donors (Lipinski definition) is 0. The summed E-state index contributed by atoms with van der Waals surface area (Å²) in [6.07, 6.45) is 1.78. The maximum atomic E-state index is 5.60. The molecule has 0 radical (unpaired) electrons. The zero-order valence-electron chi connectivity index (χ0n) is 16.3. The standard InChI is InChI=1S/C22H26O5/c1-23-19-11-17(12-20(15-19)24-2)7-5-9-27-10-6-8-18-13-21(25-3)16-22(14-18)26-4/h11-16H,5,7,9-10H2,1-4H3. The van der Waals surface area contributed by atoms with E-state index in [0.29, 0.717) is 24.7 Å². The van der Waals surface area contributed by atoms with Gasteiger partial charge < -0.3 is 23.7 Å². The Hall–Kier alpha value is -2.84. The van der Waals surface area contributed by atoms with Gasteiger partial charge in [0.15, 0.2) is 0 Å². The Labute approximate surface area is 161 Å². The van der Waals surface area contributed by atoms with Gasteiger partial charge in [-0.1, -0.05) is 11.8 Å². The highest BCUT2D eigenvalue weighted by atomic mass is 16.5. The Balaban J connectivity index is 1.78. The number of rotatable bonds is 9. The second-order valence-electron chi connectivity index (χ2n) is 5.78. The predicted molar refractivity (Wildman–Crippen MR) is 105 cm³/mol. The molecule has 5 heteroatoms. The van der Waals surface area contributed by atoms with Gasteiger partial charge >= 0.3 is 0 Å². The Kier molecular flexibility index (Phi) is 8.34. The Morgan fingerprint density at radius 3 is 1.74 bits per heavy atom. The fourth-order valence-electron chi connectivity index (χ4n) is 2.53. The fraction of sp³-hybridized carbons (Fsp3) is 0.364.